The average molecular weight is 209 g/mol. The summed E-state index contributed by atoms with van der Waals surface area (Å²) in [7, 11) is 0. The molecule has 1 unspecified atom stereocenters. The van der Waals surface area contributed by atoms with Crippen molar-refractivity contribution in [3.63, 3.8) is 0 Å². The van der Waals surface area contributed by atoms with Crippen LogP contribution in [0.25, 0.3) is 0 Å². The molecule has 1 aromatic carbocycles. The lowest BCUT2D eigenvalue weighted by Gasteiger charge is -2.33. The predicted molar refractivity (Wildman–Crippen MR) is 57.1 cm³/mol. The fourth-order valence-corrected chi connectivity index (χ4v) is 1.95. The molecular formula is C12H16FNO. The van der Waals surface area contributed by atoms with Crippen molar-refractivity contribution < 1.29 is 9.13 Å². The van der Waals surface area contributed by atoms with Crippen molar-refractivity contribution in [2.24, 2.45) is 5.73 Å². The van der Waals surface area contributed by atoms with Crippen LogP contribution in [-0.4, -0.2) is 13.2 Å². The van der Waals surface area contributed by atoms with Gasteiger partial charge in [-0.25, -0.2) is 4.39 Å². The molecular weight excluding hydrogens is 193 g/mol. The van der Waals surface area contributed by atoms with Crippen molar-refractivity contribution in [2.45, 2.75) is 25.3 Å². The Labute approximate surface area is 89.2 Å². The van der Waals surface area contributed by atoms with Gasteiger partial charge in [0.1, 0.15) is 5.82 Å². The molecule has 1 heterocycles. The largest absolute Gasteiger partial charge is 0.379 e. The van der Waals surface area contributed by atoms with E-state index in [1.807, 2.05) is 6.07 Å². The lowest BCUT2D eigenvalue weighted by molar-refractivity contribution is 0.0365. The number of hydrogen-bond donors (Lipinski definition) is 1. The smallest absolute Gasteiger partial charge is 0.126 e. The first-order valence-electron chi connectivity index (χ1n) is 5.25. The van der Waals surface area contributed by atoms with E-state index >= 15 is 0 Å². The van der Waals surface area contributed by atoms with Crippen LogP contribution < -0.4 is 5.73 Å². The number of benzene rings is 1. The third-order valence-corrected chi connectivity index (χ3v) is 3.02. The van der Waals surface area contributed by atoms with E-state index in [0.717, 1.165) is 25.0 Å². The average Bonchev–Trinajstić information content (AvgIpc) is 2.23. The van der Waals surface area contributed by atoms with Crippen molar-refractivity contribution in [1.82, 2.24) is 0 Å². The molecule has 1 fully saturated rings. The van der Waals surface area contributed by atoms with Crippen LogP contribution in [0.5, 0.6) is 0 Å². The Kier molecular flexibility index (Phi) is 2.76. The predicted octanol–water partition coefficient (Wildman–Crippen LogP) is 2.10. The number of nitrogens with two attached hydrogens (primary N) is 1. The van der Waals surface area contributed by atoms with Gasteiger partial charge in [-0.1, -0.05) is 12.1 Å². The van der Waals surface area contributed by atoms with E-state index in [0.29, 0.717) is 12.2 Å². The molecule has 1 atom stereocenters. The second kappa shape index (κ2) is 3.91. The first kappa shape index (κ1) is 10.6. The van der Waals surface area contributed by atoms with Crippen LogP contribution in [0.2, 0.25) is 0 Å². The fourth-order valence-electron chi connectivity index (χ4n) is 1.95. The molecule has 0 bridgehead atoms. The second-order valence-electron chi connectivity index (χ2n) is 4.28. The molecule has 1 aliphatic heterocycles. The summed E-state index contributed by atoms with van der Waals surface area (Å²) in [6, 6.07) is 5.20. The van der Waals surface area contributed by atoms with Gasteiger partial charge in [-0.05, 0) is 37.0 Å². The summed E-state index contributed by atoms with van der Waals surface area (Å²) in [6.45, 7) is 2.99. The van der Waals surface area contributed by atoms with Gasteiger partial charge in [0.05, 0.1) is 12.1 Å². The number of aryl methyl sites for hydroxylation is 1. The van der Waals surface area contributed by atoms with Gasteiger partial charge in [0.25, 0.3) is 0 Å². The SMILES string of the molecule is Cc1ccc(C2(N)CCCOC2)cc1F. The summed E-state index contributed by atoms with van der Waals surface area (Å²) < 4.78 is 18.8. The Hall–Kier alpha value is -0.930. The maximum absolute atomic E-state index is 13.4. The van der Waals surface area contributed by atoms with Crippen LogP contribution in [0.15, 0.2) is 18.2 Å². The standard InChI is InChI=1S/C12H16FNO/c1-9-3-4-10(7-11(9)13)12(14)5-2-6-15-8-12/h3-4,7H,2,5-6,8,14H2,1H3. The van der Waals surface area contributed by atoms with E-state index in [1.165, 1.54) is 6.07 Å². The normalized spacial score (nSPS) is 26.6. The van der Waals surface area contributed by atoms with Crippen LogP contribution in [0.4, 0.5) is 4.39 Å². The highest BCUT2D eigenvalue weighted by atomic mass is 19.1. The van der Waals surface area contributed by atoms with Gasteiger partial charge in [0, 0.05) is 6.61 Å². The lowest BCUT2D eigenvalue weighted by Crippen LogP contribution is -2.44. The fraction of sp³-hybridized carbons (Fsp3) is 0.500. The zero-order valence-corrected chi connectivity index (χ0v) is 8.92. The van der Waals surface area contributed by atoms with Crippen molar-refractivity contribution in [1.29, 1.82) is 0 Å². The molecule has 0 saturated carbocycles. The molecule has 1 aliphatic rings. The highest BCUT2D eigenvalue weighted by Gasteiger charge is 2.30. The molecule has 0 aromatic heterocycles. The minimum Gasteiger partial charge on any atom is -0.379 e. The Balaban J connectivity index is 2.31. The van der Waals surface area contributed by atoms with Crippen LogP contribution in [0, 0.1) is 12.7 Å². The highest BCUT2D eigenvalue weighted by molar-refractivity contribution is 5.29. The van der Waals surface area contributed by atoms with Gasteiger partial charge in [-0.3, -0.25) is 0 Å². The van der Waals surface area contributed by atoms with Gasteiger partial charge in [0.2, 0.25) is 0 Å². The summed E-state index contributed by atoms with van der Waals surface area (Å²) in [5.41, 5.74) is 7.19. The molecule has 2 rings (SSSR count). The Morgan fingerprint density at radius 3 is 2.87 bits per heavy atom. The van der Waals surface area contributed by atoms with Gasteiger partial charge in [-0.15, -0.1) is 0 Å². The van der Waals surface area contributed by atoms with E-state index in [9.17, 15) is 4.39 Å². The van der Waals surface area contributed by atoms with Crippen molar-refractivity contribution >= 4 is 0 Å². The molecule has 1 saturated heterocycles. The number of ether oxygens (including phenoxy) is 1. The highest BCUT2D eigenvalue weighted by Crippen LogP contribution is 2.28. The Morgan fingerprint density at radius 2 is 2.27 bits per heavy atom. The van der Waals surface area contributed by atoms with E-state index in [2.05, 4.69) is 0 Å². The lowest BCUT2D eigenvalue weighted by atomic mass is 9.85. The van der Waals surface area contributed by atoms with Crippen LogP contribution >= 0.6 is 0 Å². The van der Waals surface area contributed by atoms with Crippen LogP contribution in [-0.2, 0) is 10.3 Å². The summed E-state index contributed by atoms with van der Waals surface area (Å²) in [6.07, 6.45) is 1.79. The van der Waals surface area contributed by atoms with Gasteiger partial charge < -0.3 is 10.5 Å². The molecule has 0 amide bonds. The number of hydrogen-bond acceptors (Lipinski definition) is 2. The summed E-state index contributed by atoms with van der Waals surface area (Å²) in [5, 5.41) is 0. The first-order valence-corrected chi connectivity index (χ1v) is 5.25. The third kappa shape index (κ3) is 2.03. The molecule has 2 N–H and O–H groups in total. The first-order chi connectivity index (χ1) is 7.12. The monoisotopic (exact) mass is 209 g/mol. The minimum absolute atomic E-state index is 0.192. The van der Waals surface area contributed by atoms with Gasteiger partial charge in [0.15, 0.2) is 0 Å². The number of halogens is 1. The maximum Gasteiger partial charge on any atom is 0.126 e. The molecule has 0 radical (unpaired) electrons. The Morgan fingerprint density at radius 1 is 1.47 bits per heavy atom. The molecule has 82 valence electrons. The van der Waals surface area contributed by atoms with Crippen LogP contribution in [0.3, 0.4) is 0 Å². The quantitative estimate of drug-likeness (QED) is 0.768. The van der Waals surface area contributed by atoms with E-state index in [4.69, 9.17) is 10.5 Å². The van der Waals surface area contributed by atoms with Crippen molar-refractivity contribution in [3.8, 4) is 0 Å². The molecule has 1 aromatic rings. The van der Waals surface area contributed by atoms with Crippen molar-refractivity contribution in [2.75, 3.05) is 13.2 Å². The molecule has 2 nitrogen and oxygen atoms in total. The van der Waals surface area contributed by atoms with Gasteiger partial charge >= 0.3 is 0 Å². The van der Waals surface area contributed by atoms with E-state index < -0.39 is 5.54 Å². The zero-order chi connectivity index (χ0) is 10.9. The zero-order valence-electron chi connectivity index (χ0n) is 8.92. The van der Waals surface area contributed by atoms with Gasteiger partial charge in [-0.2, -0.15) is 0 Å². The summed E-state index contributed by atoms with van der Waals surface area (Å²) in [4.78, 5) is 0. The summed E-state index contributed by atoms with van der Waals surface area (Å²) >= 11 is 0. The molecule has 0 aliphatic carbocycles. The van der Waals surface area contributed by atoms with Crippen molar-refractivity contribution in [3.05, 3.63) is 35.1 Å². The van der Waals surface area contributed by atoms with E-state index in [1.54, 1.807) is 13.0 Å². The third-order valence-electron chi connectivity index (χ3n) is 3.02. The van der Waals surface area contributed by atoms with E-state index in [-0.39, 0.29) is 5.82 Å². The topological polar surface area (TPSA) is 35.2 Å². The van der Waals surface area contributed by atoms with Crippen LogP contribution in [0.1, 0.15) is 24.0 Å². The minimum atomic E-state index is -0.507. The molecule has 15 heavy (non-hydrogen) atoms. The maximum atomic E-state index is 13.4. The molecule has 3 heteroatoms. The molecule has 0 spiro atoms. The Bertz CT molecular complexity index is 359. The second-order valence-corrected chi connectivity index (χ2v) is 4.28. The summed E-state index contributed by atoms with van der Waals surface area (Å²) in [5.74, 6) is -0.192. The number of rotatable bonds is 1.